The Hall–Kier alpha value is -2.19. The van der Waals surface area contributed by atoms with Gasteiger partial charge in [-0.05, 0) is 37.1 Å². The molecule has 2 aliphatic rings. The molecule has 0 radical (unpaired) electrons. The van der Waals surface area contributed by atoms with Crippen molar-refractivity contribution in [2.45, 2.75) is 67.6 Å². The van der Waals surface area contributed by atoms with Gasteiger partial charge in [-0.3, -0.25) is 0 Å². The Balaban J connectivity index is 1.35. The highest BCUT2D eigenvalue weighted by atomic mass is 32.2. The SMILES string of the molecule is CC1(C)O[C@H]2[C@@H](O1)[C@@H](COCc1ccccc1)O[C@@H](Sc1ccccc1)[C@@H]2OCc1ccccc1. The normalized spacial score (nSPS) is 27.4. The van der Waals surface area contributed by atoms with Gasteiger partial charge in [-0.1, -0.05) is 90.6 Å². The summed E-state index contributed by atoms with van der Waals surface area (Å²) in [6.07, 6.45) is -1.14. The fourth-order valence-electron chi connectivity index (χ4n) is 4.51. The molecule has 5 rings (SSSR count). The average molecular weight is 493 g/mol. The van der Waals surface area contributed by atoms with Crippen LogP contribution in [0.25, 0.3) is 0 Å². The maximum atomic E-state index is 6.64. The minimum Gasteiger partial charge on any atom is -0.374 e. The highest BCUT2D eigenvalue weighted by Crippen LogP contribution is 2.43. The number of fused-ring (bicyclic) bond motifs is 1. The third kappa shape index (κ3) is 6.33. The summed E-state index contributed by atoms with van der Waals surface area (Å²) in [4.78, 5) is 1.12. The van der Waals surface area contributed by atoms with Crippen molar-refractivity contribution >= 4 is 11.8 Å². The molecule has 3 aromatic rings. The van der Waals surface area contributed by atoms with E-state index in [-0.39, 0.29) is 29.9 Å². The van der Waals surface area contributed by atoms with Crippen LogP contribution in [0.15, 0.2) is 95.9 Å². The van der Waals surface area contributed by atoms with Crippen molar-refractivity contribution in [3.63, 3.8) is 0 Å². The van der Waals surface area contributed by atoms with Gasteiger partial charge in [-0.25, -0.2) is 0 Å². The largest absolute Gasteiger partial charge is 0.374 e. The Bertz CT molecular complexity index is 1050. The summed E-state index contributed by atoms with van der Waals surface area (Å²) in [5.74, 6) is -0.725. The molecule has 2 fully saturated rings. The monoisotopic (exact) mass is 492 g/mol. The maximum absolute atomic E-state index is 6.64. The molecule has 5 nitrogen and oxygen atoms in total. The summed E-state index contributed by atoms with van der Waals surface area (Å²) in [5, 5.41) is 0. The quantitative estimate of drug-likeness (QED) is 0.375. The van der Waals surface area contributed by atoms with E-state index in [1.807, 2.05) is 68.4 Å². The summed E-state index contributed by atoms with van der Waals surface area (Å²) in [6, 6.07) is 30.6. The number of hydrogen-bond donors (Lipinski definition) is 0. The van der Waals surface area contributed by atoms with Crippen LogP contribution in [-0.2, 0) is 36.9 Å². The van der Waals surface area contributed by atoms with E-state index >= 15 is 0 Å². The zero-order valence-corrected chi connectivity index (χ0v) is 20.9. The van der Waals surface area contributed by atoms with Crippen molar-refractivity contribution in [1.82, 2.24) is 0 Å². The van der Waals surface area contributed by atoms with Gasteiger partial charge in [0.15, 0.2) is 5.79 Å². The molecule has 0 bridgehead atoms. The lowest BCUT2D eigenvalue weighted by atomic mass is 10.00. The second-order valence-corrected chi connectivity index (χ2v) is 10.5. The zero-order valence-electron chi connectivity index (χ0n) is 20.1. The van der Waals surface area contributed by atoms with Crippen molar-refractivity contribution < 1.29 is 23.7 Å². The molecule has 0 amide bonds. The van der Waals surface area contributed by atoms with Crippen molar-refractivity contribution in [1.29, 1.82) is 0 Å². The van der Waals surface area contributed by atoms with Crippen molar-refractivity contribution in [2.75, 3.05) is 6.61 Å². The van der Waals surface area contributed by atoms with Gasteiger partial charge >= 0.3 is 0 Å². The lowest BCUT2D eigenvalue weighted by Crippen LogP contribution is -2.57. The molecule has 0 unspecified atom stereocenters. The minimum absolute atomic E-state index is 0.269. The molecule has 2 saturated heterocycles. The van der Waals surface area contributed by atoms with Gasteiger partial charge in [-0.2, -0.15) is 0 Å². The van der Waals surface area contributed by atoms with E-state index in [0.717, 1.165) is 16.0 Å². The number of rotatable bonds is 9. The van der Waals surface area contributed by atoms with Crippen molar-refractivity contribution in [2.24, 2.45) is 0 Å². The van der Waals surface area contributed by atoms with Gasteiger partial charge in [0.25, 0.3) is 0 Å². The van der Waals surface area contributed by atoms with Crippen LogP contribution in [0.4, 0.5) is 0 Å². The molecule has 0 spiro atoms. The summed E-state index contributed by atoms with van der Waals surface area (Å²) in [6.45, 7) is 5.30. The summed E-state index contributed by atoms with van der Waals surface area (Å²) >= 11 is 1.65. The molecular weight excluding hydrogens is 460 g/mol. The van der Waals surface area contributed by atoms with Gasteiger partial charge in [0.05, 0.1) is 19.8 Å². The fraction of sp³-hybridized carbons (Fsp3) is 0.379. The molecule has 3 aromatic carbocycles. The highest BCUT2D eigenvalue weighted by Gasteiger charge is 2.56. The first kappa shape index (κ1) is 24.5. The molecule has 35 heavy (non-hydrogen) atoms. The van der Waals surface area contributed by atoms with Gasteiger partial charge in [0, 0.05) is 4.90 Å². The van der Waals surface area contributed by atoms with E-state index < -0.39 is 5.79 Å². The molecule has 5 atom stereocenters. The van der Waals surface area contributed by atoms with Crippen LogP contribution in [0.1, 0.15) is 25.0 Å². The third-order valence-corrected chi connectivity index (χ3v) is 7.26. The maximum Gasteiger partial charge on any atom is 0.164 e. The second kappa shape index (κ2) is 11.2. The lowest BCUT2D eigenvalue weighted by molar-refractivity contribution is -0.192. The van der Waals surface area contributed by atoms with Crippen LogP contribution in [0, 0.1) is 0 Å². The highest BCUT2D eigenvalue weighted by molar-refractivity contribution is 7.99. The molecule has 0 saturated carbocycles. The Morgan fingerprint density at radius 2 is 1.31 bits per heavy atom. The number of ether oxygens (including phenoxy) is 5. The Labute approximate surface area is 211 Å². The van der Waals surface area contributed by atoms with E-state index in [4.69, 9.17) is 23.7 Å². The molecule has 0 aromatic heterocycles. The number of hydrogen-bond acceptors (Lipinski definition) is 6. The van der Waals surface area contributed by atoms with Gasteiger partial charge in [-0.15, -0.1) is 0 Å². The predicted octanol–water partition coefficient (Wildman–Crippen LogP) is 5.83. The van der Waals surface area contributed by atoms with E-state index in [1.54, 1.807) is 11.8 Å². The number of benzene rings is 3. The summed E-state index contributed by atoms with van der Waals surface area (Å²) < 4.78 is 32.0. The van der Waals surface area contributed by atoms with Gasteiger partial charge in [0.2, 0.25) is 0 Å². The average Bonchev–Trinajstić information content (AvgIpc) is 3.21. The van der Waals surface area contributed by atoms with Crippen LogP contribution in [-0.4, -0.2) is 42.2 Å². The smallest absolute Gasteiger partial charge is 0.164 e. The van der Waals surface area contributed by atoms with Crippen LogP contribution < -0.4 is 0 Å². The second-order valence-electron chi connectivity index (χ2n) is 9.30. The Morgan fingerprint density at radius 1 is 0.743 bits per heavy atom. The first-order valence-electron chi connectivity index (χ1n) is 12.1. The third-order valence-electron chi connectivity index (χ3n) is 6.11. The van der Waals surface area contributed by atoms with Gasteiger partial charge in [0.1, 0.15) is 29.9 Å². The van der Waals surface area contributed by atoms with E-state index in [1.165, 1.54) is 0 Å². The first-order chi connectivity index (χ1) is 17.1. The topological polar surface area (TPSA) is 46.2 Å². The van der Waals surface area contributed by atoms with Crippen LogP contribution in [0.3, 0.4) is 0 Å². The van der Waals surface area contributed by atoms with E-state index in [2.05, 4.69) is 36.4 Å². The van der Waals surface area contributed by atoms with Crippen molar-refractivity contribution in [3.05, 3.63) is 102 Å². The molecule has 2 aliphatic heterocycles. The van der Waals surface area contributed by atoms with E-state index in [0.29, 0.717) is 19.8 Å². The molecule has 2 heterocycles. The van der Waals surface area contributed by atoms with Crippen LogP contribution in [0.5, 0.6) is 0 Å². The standard InChI is InChI=1S/C29H32O5S/c1-29(2)33-25-24(20-30-18-21-12-6-3-7-13-21)32-28(35-23-16-10-5-11-17-23)27(26(25)34-29)31-19-22-14-8-4-9-15-22/h3-17,24-28H,18-20H2,1-2H3/t24-,25+,26+,27-,28+/m1/s1. The summed E-state index contributed by atoms with van der Waals surface area (Å²) in [7, 11) is 0. The molecule has 0 aliphatic carbocycles. The van der Waals surface area contributed by atoms with Crippen LogP contribution >= 0.6 is 11.8 Å². The summed E-state index contributed by atoms with van der Waals surface area (Å²) in [5.41, 5.74) is 1.97. The molecule has 0 N–H and O–H groups in total. The predicted molar refractivity (Wildman–Crippen MR) is 136 cm³/mol. The zero-order chi connectivity index (χ0) is 24.1. The minimum atomic E-state index is -0.725. The number of thioether (sulfide) groups is 1. The molecular formula is C29H32O5S. The molecule has 184 valence electrons. The first-order valence-corrected chi connectivity index (χ1v) is 13.0. The fourth-order valence-corrected chi connectivity index (χ4v) is 5.66. The Morgan fingerprint density at radius 3 is 1.97 bits per heavy atom. The Kier molecular flexibility index (Phi) is 7.88. The molecule has 6 heteroatoms. The van der Waals surface area contributed by atoms with Gasteiger partial charge < -0.3 is 23.7 Å². The lowest BCUT2D eigenvalue weighted by Gasteiger charge is -2.41. The van der Waals surface area contributed by atoms with Crippen LogP contribution in [0.2, 0.25) is 0 Å². The van der Waals surface area contributed by atoms with Crippen molar-refractivity contribution in [3.8, 4) is 0 Å². The van der Waals surface area contributed by atoms with E-state index in [9.17, 15) is 0 Å².